The first-order chi connectivity index (χ1) is 11.9. The molecule has 0 saturated carbocycles. The summed E-state index contributed by atoms with van der Waals surface area (Å²) in [7, 11) is 0. The quantitative estimate of drug-likeness (QED) is 0.801. The average Bonchev–Trinajstić information content (AvgIpc) is 2.60. The molecule has 0 saturated heterocycles. The van der Waals surface area contributed by atoms with Gasteiger partial charge < -0.3 is 4.74 Å². The highest BCUT2D eigenvalue weighted by Crippen LogP contribution is 2.36. The van der Waals surface area contributed by atoms with Crippen LogP contribution in [0.25, 0.3) is 10.9 Å². The topological polar surface area (TPSA) is 47.4 Å². The summed E-state index contributed by atoms with van der Waals surface area (Å²) in [5, 5.41) is 1.09. The standard InChI is InChI=1S/C18H23Cl2N3O2/c1-4-5-22-6-7-25-17-13(20)8-12(19)15-16(17)21-14(10-22)23(18(15)24)9-11(2)3/h8,11H,4-7,9-10H2,1-3H3. The molecule has 0 spiro atoms. The van der Waals surface area contributed by atoms with Crippen molar-refractivity contribution < 1.29 is 4.74 Å². The minimum Gasteiger partial charge on any atom is -0.488 e. The van der Waals surface area contributed by atoms with Gasteiger partial charge in [-0.1, -0.05) is 44.0 Å². The van der Waals surface area contributed by atoms with Crippen molar-refractivity contribution in [2.75, 3.05) is 19.7 Å². The lowest BCUT2D eigenvalue weighted by atomic mass is 10.2. The van der Waals surface area contributed by atoms with Crippen LogP contribution in [0.1, 0.15) is 33.0 Å². The fraction of sp³-hybridized carbons (Fsp3) is 0.556. The maximum Gasteiger partial charge on any atom is 0.263 e. The number of hydrogen-bond donors (Lipinski definition) is 0. The number of nitrogens with zero attached hydrogens (tertiary/aromatic N) is 3. The van der Waals surface area contributed by atoms with Crippen LogP contribution in [0.2, 0.25) is 10.0 Å². The highest BCUT2D eigenvalue weighted by atomic mass is 35.5. The second kappa shape index (κ2) is 7.52. The fourth-order valence-electron chi connectivity index (χ4n) is 3.21. The average molecular weight is 384 g/mol. The first-order valence-electron chi connectivity index (χ1n) is 8.69. The minimum absolute atomic E-state index is 0.126. The van der Waals surface area contributed by atoms with Gasteiger partial charge in [-0.25, -0.2) is 4.98 Å². The van der Waals surface area contributed by atoms with Gasteiger partial charge in [0.25, 0.3) is 5.56 Å². The molecular weight excluding hydrogens is 361 g/mol. The molecule has 0 unspecified atom stereocenters. The van der Waals surface area contributed by atoms with E-state index in [1.165, 1.54) is 0 Å². The summed E-state index contributed by atoms with van der Waals surface area (Å²) in [6, 6.07) is 1.57. The third kappa shape index (κ3) is 3.64. The molecule has 5 nitrogen and oxygen atoms in total. The van der Waals surface area contributed by atoms with Crippen molar-refractivity contribution >= 4 is 34.1 Å². The molecule has 2 heterocycles. The Bertz CT molecular complexity index is 849. The molecule has 0 atom stereocenters. The SMILES string of the molecule is CCCN1CCOc2c(Cl)cc(Cl)c3c(=O)n(CC(C)C)c(nc23)C1. The van der Waals surface area contributed by atoms with Gasteiger partial charge in [-0.2, -0.15) is 0 Å². The molecule has 0 radical (unpaired) electrons. The monoisotopic (exact) mass is 383 g/mol. The van der Waals surface area contributed by atoms with Crippen LogP contribution < -0.4 is 10.3 Å². The molecule has 0 aliphatic carbocycles. The van der Waals surface area contributed by atoms with Crippen LogP contribution in [0, 0.1) is 5.92 Å². The lowest BCUT2D eigenvalue weighted by Crippen LogP contribution is -2.33. The van der Waals surface area contributed by atoms with E-state index >= 15 is 0 Å². The first kappa shape index (κ1) is 18.5. The lowest BCUT2D eigenvalue weighted by molar-refractivity contribution is 0.200. The molecule has 1 aliphatic heterocycles. The van der Waals surface area contributed by atoms with Crippen LogP contribution in [0.15, 0.2) is 10.9 Å². The Balaban J connectivity index is 2.29. The summed E-state index contributed by atoms with van der Waals surface area (Å²) < 4.78 is 7.64. The Labute approximate surface area is 157 Å². The second-order valence-corrected chi connectivity index (χ2v) is 7.67. The van der Waals surface area contributed by atoms with E-state index in [4.69, 9.17) is 32.9 Å². The van der Waals surface area contributed by atoms with Gasteiger partial charge in [-0.15, -0.1) is 0 Å². The summed E-state index contributed by atoms with van der Waals surface area (Å²) in [5.74, 6) is 1.52. The van der Waals surface area contributed by atoms with Crippen molar-refractivity contribution in [3.05, 3.63) is 32.3 Å². The third-order valence-corrected chi connectivity index (χ3v) is 4.86. The van der Waals surface area contributed by atoms with Crippen molar-refractivity contribution in [3.63, 3.8) is 0 Å². The third-order valence-electron chi connectivity index (χ3n) is 4.28. The number of benzene rings is 1. The molecule has 1 aromatic carbocycles. The van der Waals surface area contributed by atoms with E-state index < -0.39 is 0 Å². The molecule has 2 aromatic rings. The maximum atomic E-state index is 13.2. The number of halogens is 2. The molecule has 2 bridgehead atoms. The molecule has 0 amide bonds. The largest absolute Gasteiger partial charge is 0.488 e. The van der Waals surface area contributed by atoms with Crippen molar-refractivity contribution in [2.45, 2.75) is 40.3 Å². The van der Waals surface area contributed by atoms with E-state index in [0.717, 1.165) is 25.3 Å². The molecule has 3 rings (SSSR count). The molecule has 1 aliphatic rings. The zero-order valence-corrected chi connectivity index (χ0v) is 16.3. The predicted octanol–water partition coefficient (Wildman–Crippen LogP) is 3.96. The maximum absolute atomic E-state index is 13.2. The molecule has 0 fully saturated rings. The molecular formula is C18H23Cl2N3O2. The van der Waals surface area contributed by atoms with Crippen molar-refractivity contribution in [1.29, 1.82) is 0 Å². The molecule has 7 heteroatoms. The van der Waals surface area contributed by atoms with E-state index in [2.05, 4.69) is 25.7 Å². The minimum atomic E-state index is -0.126. The summed E-state index contributed by atoms with van der Waals surface area (Å²) >= 11 is 12.7. The van der Waals surface area contributed by atoms with Crippen molar-refractivity contribution in [1.82, 2.24) is 14.5 Å². The van der Waals surface area contributed by atoms with Gasteiger partial charge in [0.1, 0.15) is 17.9 Å². The Kier molecular flexibility index (Phi) is 5.56. The second-order valence-electron chi connectivity index (χ2n) is 6.86. The Morgan fingerprint density at radius 3 is 2.76 bits per heavy atom. The predicted molar refractivity (Wildman–Crippen MR) is 102 cm³/mol. The number of fused-ring (bicyclic) bond motifs is 1. The van der Waals surface area contributed by atoms with Gasteiger partial charge in [0.2, 0.25) is 0 Å². The summed E-state index contributed by atoms with van der Waals surface area (Å²) in [6.07, 6.45) is 1.02. The Morgan fingerprint density at radius 2 is 2.08 bits per heavy atom. The first-order valence-corrected chi connectivity index (χ1v) is 9.44. The van der Waals surface area contributed by atoms with E-state index in [9.17, 15) is 4.79 Å². The highest BCUT2D eigenvalue weighted by molar-refractivity contribution is 6.39. The normalized spacial score (nSPS) is 15.3. The smallest absolute Gasteiger partial charge is 0.263 e. The van der Waals surface area contributed by atoms with Crippen LogP contribution in [0.5, 0.6) is 5.75 Å². The van der Waals surface area contributed by atoms with Crippen LogP contribution in [0.4, 0.5) is 0 Å². The summed E-state index contributed by atoms with van der Waals surface area (Å²) in [6.45, 7) is 9.69. The number of aromatic nitrogens is 2. The molecule has 1 aromatic heterocycles. The number of ether oxygens (including phenoxy) is 1. The number of hydrogen-bond acceptors (Lipinski definition) is 4. The molecule has 25 heavy (non-hydrogen) atoms. The summed E-state index contributed by atoms with van der Waals surface area (Å²) in [4.78, 5) is 20.2. The molecule has 0 N–H and O–H groups in total. The van der Waals surface area contributed by atoms with Gasteiger partial charge in [-0.3, -0.25) is 14.3 Å². The van der Waals surface area contributed by atoms with Crippen LogP contribution in [0.3, 0.4) is 0 Å². The van der Waals surface area contributed by atoms with E-state index in [-0.39, 0.29) is 5.56 Å². The van der Waals surface area contributed by atoms with Crippen molar-refractivity contribution in [2.24, 2.45) is 5.92 Å². The van der Waals surface area contributed by atoms with Crippen LogP contribution in [-0.2, 0) is 13.1 Å². The van der Waals surface area contributed by atoms with Crippen LogP contribution >= 0.6 is 23.2 Å². The van der Waals surface area contributed by atoms with E-state index in [1.54, 1.807) is 10.6 Å². The van der Waals surface area contributed by atoms with Gasteiger partial charge >= 0.3 is 0 Å². The van der Waals surface area contributed by atoms with Gasteiger partial charge in [0.15, 0.2) is 5.75 Å². The zero-order chi connectivity index (χ0) is 18.1. The van der Waals surface area contributed by atoms with E-state index in [1.807, 2.05) is 0 Å². The number of rotatable bonds is 4. The van der Waals surface area contributed by atoms with Crippen LogP contribution in [-0.4, -0.2) is 34.1 Å². The Morgan fingerprint density at radius 1 is 1.32 bits per heavy atom. The lowest BCUT2D eigenvalue weighted by Gasteiger charge is -2.22. The van der Waals surface area contributed by atoms with Crippen molar-refractivity contribution in [3.8, 4) is 5.75 Å². The highest BCUT2D eigenvalue weighted by Gasteiger charge is 2.23. The zero-order valence-electron chi connectivity index (χ0n) is 14.8. The molecule has 136 valence electrons. The fourth-order valence-corrected chi connectivity index (χ4v) is 3.80. The summed E-state index contributed by atoms with van der Waals surface area (Å²) in [5.41, 5.74) is 0.342. The Hall–Kier alpha value is -1.30. The van der Waals surface area contributed by atoms with E-state index in [0.29, 0.717) is 52.3 Å². The van der Waals surface area contributed by atoms with Gasteiger partial charge in [0.05, 0.1) is 22.0 Å². The van der Waals surface area contributed by atoms with Gasteiger partial charge in [-0.05, 0) is 24.9 Å². The van der Waals surface area contributed by atoms with Gasteiger partial charge in [0, 0.05) is 13.1 Å².